The van der Waals surface area contributed by atoms with Crippen molar-refractivity contribution in [1.29, 1.82) is 0 Å². The molecule has 0 unspecified atom stereocenters. The van der Waals surface area contributed by atoms with E-state index in [2.05, 4.69) is 17.0 Å². The second kappa shape index (κ2) is 10.1. The highest BCUT2D eigenvalue weighted by Crippen LogP contribution is 2.24. The summed E-state index contributed by atoms with van der Waals surface area (Å²) in [4.78, 5) is 16.8. The lowest BCUT2D eigenvalue weighted by Gasteiger charge is -2.22. The third-order valence-corrected chi connectivity index (χ3v) is 6.28. The molecule has 2 heterocycles. The number of aliphatic hydroxyl groups excluding tert-OH is 1. The van der Waals surface area contributed by atoms with E-state index in [-0.39, 0.29) is 12.5 Å². The molecule has 0 bridgehead atoms. The van der Waals surface area contributed by atoms with Gasteiger partial charge in [0.25, 0.3) is 5.91 Å². The monoisotopic (exact) mass is 408 g/mol. The highest BCUT2D eigenvalue weighted by Gasteiger charge is 2.22. The van der Waals surface area contributed by atoms with Crippen LogP contribution in [0, 0.1) is 0 Å². The lowest BCUT2D eigenvalue weighted by atomic mass is 10.0. The van der Waals surface area contributed by atoms with Gasteiger partial charge in [-0.2, -0.15) is 0 Å². The van der Waals surface area contributed by atoms with Crippen LogP contribution in [0.25, 0.3) is 11.1 Å². The van der Waals surface area contributed by atoms with Crippen LogP contribution in [0.4, 0.5) is 0 Å². The van der Waals surface area contributed by atoms with Crippen LogP contribution in [0.1, 0.15) is 42.5 Å². The molecule has 2 aromatic rings. The summed E-state index contributed by atoms with van der Waals surface area (Å²) in [6.07, 6.45) is 5.47. The third kappa shape index (κ3) is 5.02. The topological polar surface area (TPSA) is 53.0 Å². The van der Waals surface area contributed by atoms with Gasteiger partial charge in [0, 0.05) is 31.2 Å². The zero-order valence-electron chi connectivity index (χ0n) is 17.6. The van der Waals surface area contributed by atoms with E-state index in [0.717, 1.165) is 74.3 Å². The van der Waals surface area contributed by atoms with Crippen LogP contribution < -0.4 is 4.74 Å². The van der Waals surface area contributed by atoms with Crippen molar-refractivity contribution < 1.29 is 14.6 Å². The largest absolute Gasteiger partial charge is 0.494 e. The average molecular weight is 409 g/mol. The van der Waals surface area contributed by atoms with Gasteiger partial charge in [-0.25, -0.2) is 0 Å². The summed E-state index contributed by atoms with van der Waals surface area (Å²) in [7, 11) is 0. The van der Waals surface area contributed by atoms with Crippen LogP contribution in [-0.4, -0.2) is 66.2 Å². The van der Waals surface area contributed by atoms with Gasteiger partial charge < -0.3 is 14.7 Å². The van der Waals surface area contributed by atoms with Crippen molar-refractivity contribution in [3.05, 3.63) is 54.1 Å². The zero-order valence-corrected chi connectivity index (χ0v) is 17.6. The summed E-state index contributed by atoms with van der Waals surface area (Å²) >= 11 is 0. The van der Waals surface area contributed by atoms with Crippen molar-refractivity contribution in [2.45, 2.75) is 38.1 Å². The van der Waals surface area contributed by atoms with Gasteiger partial charge in [-0.1, -0.05) is 24.3 Å². The Bertz CT molecular complexity index is 813. The minimum absolute atomic E-state index is 0.141. The number of amides is 1. The molecule has 0 saturated carbocycles. The molecule has 2 saturated heterocycles. The Labute approximate surface area is 179 Å². The van der Waals surface area contributed by atoms with Gasteiger partial charge in [-0.15, -0.1) is 0 Å². The number of nitrogens with zero attached hydrogens (tertiary/aromatic N) is 2. The maximum atomic E-state index is 12.5. The molecular weight excluding hydrogens is 376 g/mol. The quantitative estimate of drug-likeness (QED) is 0.675. The number of carbonyl (C=O) groups excluding carboxylic acids is 1. The predicted octanol–water partition coefficient (Wildman–Crippen LogP) is 3.82. The molecule has 0 aliphatic carbocycles. The third-order valence-electron chi connectivity index (χ3n) is 6.28. The summed E-state index contributed by atoms with van der Waals surface area (Å²) in [5, 5.41) is 9.39. The highest BCUT2D eigenvalue weighted by atomic mass is 16.5. The molecule has 30 heavy (non-hydrogen) atoms. The molecule has 160 valence electrons. The van der Waals surface area contributed by atoms with Crippen LogP contribution in [0.2, 0.25) is 0 Å². The fourth-order valence-electron chi connectivity index (χ4n) is 4.51. The fourth-order valence-corrected chi connectivity index (χ4v) is 4.51. The summed E-state index contributed by atoms with van der Waals surface area (Å²) in [6, 6.07) is 16.4. The van der Waals surface area contributed by atoms with E-state index in [1.807, 2.05) is 41.3 Å². The van der Waals surface area contributed by atoms with Crippen LogP contribution in [0.3, 0.4) is 0 Å². The number of hydrogen-bond donors (Lipinski definition) is 1. The molecule has 4 rings (SSSR count). The minimum atomic E-state index is 0.141. The second-order valence-electron chi connectivity index (χ2n) is 8.32. The van der Waals surface area contributed by atoms with Gasteiger partial charge in [0.15, 0.2) is 0 Å². The standard InChI is InChI=1S/C25H32N2O3/c28-19-23-5-3-16-26(23)17-4-18-30-24-12-10-21(11-13-24)20-6-8-22(9-7-20)25(29)27-14-1-2-15-27/h6-13,23,28H,1-5,14-19H2/t23-/m0/s1. The number of rotatable bonds is 8. The summed E-state index contributed by atoms with van der Waals surface area (Å²) in [6.45, 7) is 4.76. The van der Waals surface area contributed by atoms with Gasteiger partial charge in [-0.3, -0.25) is 9.69 Å². The molecule has 1 N–H and O–H groups in total. The van der Waals surface area contributed by atoms with Gasteiger partial charge in [0.05, 0.1) is 13.2 Å². The van der Waals surface area contributed by atoms with Gasteiger partial charge >= 0.3 is 0 Å². The van der Waals surface area contributed by atoms with E-state index < -0.39 is 0 Å². The SMILES string of the molecule is O=C(c1ccc(-c2ccc(OCCCN3CCC[C@H]3CO)cc2)cc1)N1CCCC1. The number of hydrogen-bond acceptors (Lipinski definition) is 4. The molecule has 2 aliphatic heterocycles. The highest BCUT2D eigenvalue weighted by molar-refractivity contribution is 5.94. The lowest BCUT2D eigenvalue weighted by Crippen LogP contribution is -2.33. The molecule has 0 radical (unpaired) electrons. The van der Waals surface area contributed by atoms with Crippen molar-refractivity contribution in [2.24, 2.45) is 0 Å². The van der Waals surface area contributed by atoms with Gasteiger partial charge in [-0.05, 0) is 74.0 Å². The summed E-state index contributed by atoms with van der Waals surface area (Å²) in [5.74, 6) is 1.02. The molecule has 0 aromatic heterocycles. The van der Waals surface area contributed by atoms with Gasteiger partial charge in [0.1, 0.15) is 5.75 Å². The Morgan fingerprint density at radius 3 is 2.27 bits per heavy atom. The average Bonchev–Trinajstić information content (AvgIpc) is 3.49. The fraction of sp³-hybridized carbons (Fsp3) is 0.480. The number of benzene rings is 2. The minimum Gasteiger partial charge on any atom is -0.494 e. The first-order valence-corrected chi connectivity index (χ1v) is 11.2. The summed E-state index contributed by atoms with van der Waals surface area (Å²) in [5.41, 5.74) is 2.98. The molecule has 1 amide bonds. The first kappa shape index (κ1) is 20.9. The maximum Gasteiger partial charge on any atom is 0.253 e. The van der Waals surface area contributed by atoms with Gasteiger partial charge in [0.2, 0.25) is 0 Å². The number of likely N-dealkylation sites (tertiary alicyclic amines) is 2. The van der Waals surface area contributed by atoms with E-state index in [1.165, 1.54) is 6.42 Å². The van der Waals surface area contributed by atoms with E-state index in [9.17, 15) is 9.90 Å². The van der Waals surface area contributed by atoms with Crippen LogP contribution in [0.5, 0.6) is 5.75 Å². The van der Waals surface area contributed by atoms with Crippen molar-refractivity contribution in [3.63, 3.8) is 0 Å². The van der Waals surface area contributed by atoms with Crippen molar-refractivity contribution in [1.82, 2.24) is 9.80 Å². The van der Waals surface area contributed by atoms with Crippen molar-refractivity contribution in [3.8, 4) is 16.9 Å². The normalized spacial score (nSPS) is 19.4. The zero-order chi connectivity index (χ0) is 20.8. The lowest BCUT2D eigenvalue weighted by molar-refractivity contribution is 0.0793. The maximum absolute atomic E-state index is 12.5. The smallest absolute Gasteiger partial charge is 0.253 e. The van der Waals surface area contributed by atoms with Crippen molar-refractivity contribution in [2.75, 3.05) is 39.4 Å². The van der Waals surface area contributed by atoms with Crippen LogP contribution in [0.15, 0.2) is 48.5 Å². The Morgan fingerprint density at radius 1 is 0.933 bits per heavy atom. The van der Waals surface area contributed by atoms with E-state index in [4.69, 9.17) is 4.74 Å². The molecule has 5 nitrogen and oxygen atoms in total. The van der Waals surface area contributed by atoms with E-state index >= 15 is 0 Å². The Balaban J connectivity index is 1.26. The van der Waals surface area contributed by atoms with Crippen LogP contribution in [-0.2, 0) is 0 Å². The number of aliphatic hydroxyl groups is 1. The molecule has 5 heteroatoms. The molecule has 2 fully saturated rings. The second-order valence-corrected chi connectivity index (χ2v) is 8.32. The van der Waals surface area contributed by atoms with Crippen molar-refractivity contribution >= 4 is 5.91 Å². The molecule has 2 aliphatic rings. The van der Waals surface area contributed by atoms with E-state index in [1.54, 1.807) is 0 Å². The Kier molecular flexibility index (Phi) is 7.03. The Hall–Kier alpha value is -2.37. The molecule has 1 atom stereocenters. The number of carbonyl (C=O) groups is 1. The van der Waals surface area contributed by atoms with Crippen LogP contribution >= 0.6 is 0 Å². The predicted molar refractivity (Wildman–Crippen MR) is 119 cm³/mol. The van der Waals surface area contributed by atoms with E-state index in [0.29, 0.717) is 12.6 Å². The molecule has 2 aromatic carbocycles. The first-order valence-electron chi connectivity index (χ1n) is 11.2. The molecule has 0 spiro atoms. The Morgan fingerprint density at radius 2 is 1.60 bits per heavy atom. The first-order chi connectivity index (χ1) is 14.7. The summed E-state index contributed by atoms with van der Waals surface area (Å²) < 4.78 is 5.89. The molecular formula is C25H32N2O3. The number of ether oxygens (including phenoxy) is 1.